The van der Waals surface area contributed by atoms with Crippen molar-refractivity contribution in [2.45, 2.75) is 25.1 Å². The Bertz CT molecular complexity index is 412. The van der Waals surface area contributed by atoms with E-state index >= 15 is 0 Å². The minimum absolute atomic E-state index is 0.182. The van der Waals surface area contributed by atoms with Gasteiger partial charge in [0.25, 0.3) is 0 Å². The molecule has 16 heavy (non-hydrogen) atoms. The first-order valence-electron chi connectivity index (χ1n) is 5.52. The Kier molecular flexibility index (Phi) is 2.73. The van der Waals surface area contributed by atoms with E-state index in [1.54, 1.807) is 12.1 Å². The first kappa shape index (κ1) is 10.7. The van der Waals surface area contributed by atoms with Crippen LogP contribution in [0, 0.1) is 5.82 Å². The van der Waals surface area contributed by atoms with Crippen molar-refractivity contribution >= 4 is 15.9 Å². The lowest BCUT2D eigenvalue weighted by Gasteiger charge is -2.26. The van der Waals surface area contributed by atoms with Gasteiger partial charge in [-0.25, -0.2) is 4.39 Å². The minimum Gasteiger partial charge on any atom is -0.375 e. The summed E-state index contributed by atoms with van der Waals surface area (Å²) >= 11 is 3.17. The van der Waals surface area contributed by atoms with Crippen molar-refractivity contribution in [2.75, 3.05) is 13.2 Å². The fraction of sp³-hybridized carbons (Fsp3) is 0.500. The Balaban J connectivity index is 1.72. The van der Waals surface area contributed by atoms with E-state index < -0.39 is 0 Å². The van der Waals surface area contributed by atoms with E-state index in [2.05, 4.69) is 20.8 Å². The quantitative estimate of drug-likeness (QED) is 0.828. The third kappa shape index (κ3) is 1.90. The van der Waals surface area contributed by atoms with Crippen molar-refractivity contribution < 1.29 is 9.13 Å². The normalized spacial score (nSPS) is 28.9. The van der Waals surface area contributed by atoms with Crippen LogP contribution >= 0.6 is 15.9 Å². The molecule has 4 heteroatoms. The molecule has 2 bridgehead atoms. The number of rotatable bonds is 2. The van der Waals surface area contributed by atoms with E-state index in [1.165, 1.54) is 0 Å². The van der Waals surface area contributed by atoms with Gasteiger partial charge in [0.15, 0.2) is 0 Å². The molecule has 2 fully saturated rings. The molecule has 0 amide bonds. The molecule has 2 saturated heterocycles. The predicted molar refractivity (Wildman–Crippen MR) is 62.7 cm³/mol. The lowest BCUT2D eigenvalue weighted by Crippen LogP contribution is -2.36. The first-order valence-corrected chi connectivity index (χ1v) is 6.31. The summed E-state index contributed by atoms with van der Waals surface area (Å²) in [5.74, 6) is -0.182. The van der Waals surface area contributed by atoms with Gasteiger partial charge in [-0.15, -0.1) is 0 Å². The maximum absolute atomic E-state index is 13.4. The molecule has 1 aromatic carbocycles. The van der Waals surface area contributed by atoms with Crippen molar-refractivity contribution in [2.24, 2.45) is 0 Å². The molecule has 2 aliphatic rings. The number of fused-ring (bicyclic) bond motifs is 2. The molecule has 0 N–H and O–H groups in total. The van der Waals surface area contributed by atoms with Crippen LogP contribution in [-0.4, -0.2) is 30.2 Å². The first-order chi connectivity index (χ1) is 7.72. The SMILES string of the molecule is Fc1cc(CN2C[C@H]3C[C@@H]2CO3)ccc1Br. The van der Waals surface area contributed by atoms with Crippen molar-refractivity contribution in [3.05, 3.63) is 34.1 Å². The Morgan fingerprint density at radius 2 is 2.38 bits per heavy atom. The highest BCUT2D eigenvalue weighted by Gasteiger charge is 2.38. The van der Waals surface area contributed by atoms with Crippen LogP contribution < -0.4 is 0 Å². The van der Waals surface area contributed by atoms with Gasteiger partial charge in [-0.2, -0.15) is 0 Å². The zero-order chi connectivity index (χ0) is 11.1. The molecule has 1 aromatic rings. The Hall–Kier alpha value is -0.450. The lowest BCUT2D eigenvalue weighted by molar-refractivity contribution is 0.0273. The van der Waals surface area contributed by atoms with E-state index in [-0.39, 0.29) is 5.82 Å². The number of hydrogen-bond donors (Lipinski definition) is 0. The largest absolute Gasteiger partial charge is 0.375 e. The number of hydrogen-bond acceptors (Lipinski definition) is 2. The molecular formula is C12H13BrFNO. The van der Waals surface area contributed by atoms with E-state index in [0.29, 0.717) is 16.6 Å². The molecule has 0 aliphatic carbocycles. The summed E-state index contributed by atoms with van der Waals surface area (Å²) in [7, 11) is 0. The summed E-state index contributed by atoms with van der Waals surface area (Å²) in [4.78, 5) is 2.39. The minimum atomic E-state index is -0.182. The van der Waals surface area contributed by atoms with Crippen LogP contribution in [0.25, 0.3) is 0 Å². The van der Waals surface area contributed by atoms with Gasteiger partial charge in [0.2, 0.25) is 0 Å². The van der Waals surface area contributed by atoms with Crippen LogP contribution in [0.5, 0.6) is 0 Å². The van der Waals surface area contributed by atoms with Crippen LogP contribution in [0.3, 0.4) is 0 Å². The van der Waals surface area contributed by atoms with Crippen molar-refractivity contribution in [1.82, 2.24) is 4.90 Å². The smallest absolute Gasteiger partial charge is 0.137 e. The molecule has 0 radical (unpaired) electrons. The van der Waals surface area contributed by atoms with E-state index in [9.17, 15) is 4.39 Å². The van der Waals surface area contributed by atoms with Gasteiger partial charge in [-0.1, -0.05) is 6.07 Å². The second kappa shape index (κ2) is 4.09. The third-order valence-electron chi connectivity index (χ3n) is 3.38. The number of halogens is 2. The Morgan fingerprint density at radius 1 is 1.50 bits per heavy atom. The number of ether oxygens (including phenoxy) is 1. The second-order valence-corrected chi connectivity index (χ2v) is 5.38. The van der Waals surface area contributed by atoms with Crippen LogP contribution in [0.1, 0.15) is 12.0 Å². The van der Waals surface area contributed by atoms with E-state index in [4.69, 9.17) is 4.74 Å². The highest BCUT2D eigenvalue weighted by Crippen LogP contribution is 2.29. The standard InChI is InChI=1S/C12H13BrFNO/c13-11-2-1-8(3-12(11)14)5-15-6-10-4-9(15)7-16-10/h1-3,9-10H,4-7H2/t9-,10-/m1/s1. The molecule has 0 spiro atoms. The molecule has 3 rings (SSSR count). The van der Waals surface area contributed by atoms with E-state index in [1.807, 2.05) is 6.07 Å². The lowest BCUT2D eigenvalue weighted by atomic mass is 10.2. The van der Waals surface area contributed by atoms with Gasteiger partial charge in [0.1, 0.15) is 5.82 Å². The van der Waals surface area contributed by atoms with Gasteiger partial charge >= 0.3 is 0 Å². The summed E-state index contributed by atoms with van der Waals surface area (Å²) in [6.07, 6.45) is 1.55. The van der Waals surface area contributed by atoms with Crippen LogP contribution in [0.15, 0.2) is 22.7 Å². The topological polar surface area (TPSA) is 12.5 Å². The summed E-state index contributed by atoms with van der Waals surface area (Å²) < 4.78 is 19.4. The fourth-order valence-corrected chi connectivity index (χ4v) is 2.79. The molecule has 2 heterocycles. The molecular weight excluding hydrogens is 273 g/mol. The van der Waals surface area contributed by atoms with E-state index in [0.717, 1.165) is 31.7 Å². The van der Waals surface area contributed by atoms with Gasteiger partial charge in [-0.3, -0.25) is 4.90 Å². The Labute approximate surface area is 103 Å². The predicted octanol–water partition coefficient (Wildman–Crippen LogP) is 2.56. The molecule has 0 unspecified atom stereocenters. The summed E-state index contributed by atoms with van der Waals surface area (Å²) in [5, 5.41) is 0. The molecule has 0 saturated carbocycles. The number of likely N-dealkylation sites (tertiary alicyclic amines) is 1. The zero-order valence-corrected chi connectivity index (χ0v) is 10.4. The van der Waals surface area contributed by atoms with Crippen molar-refractivity contribution in [1.29, 1.82) is 0 Å². The highest BCUT2D eigenvalue weighted by atomic mass is 79.9. The molecule has 2 nitrogen and oxygen atoms in total. The Morgan fingerprint density at radius 3 is 3.00 bits per heavy atom. The van der Waals surface area contributed by atoms with Crippen molar-refractivity contribution in [3.8, 4) is 0 Å². The van der Waals surface area contributed by atoms with Gasteiger partial charge in [-0.05, 0) is 40.0 Å². The van der Waals surface area contributed by atoms with Gasteiger partial charge in [0, 0.05) is 19.1 Å². The maximum Gasteiger partial charge on any atom is 0.137 e. The molecule has 0 aromatic heterocycles. The number of benzene rings is 1. The van der Waals surface area contributed by atoms with Crippen LogP contribution in [0.2, 0.25) is 0 Å². The summed E-state index contributed by atoms with van der Waals surface area (Å²) in [5.41, 5.74) is 1.04. The highest BCUT2D eigenvalue weighted by molar-refractivity contribution is 9.10. The van der Waals surface area contributed by atoms with Crippen LogP contribution in [0.4, 0.5) is 4.39 Å². The van der Waals surface area contributed by atoms with Gasteiger partial charge in [0.05, 0.1) is 17.2 Å². The zero-order valence-electron chi connectivity index (χ0n) is 8.83. The number of nitrogens with zero attached hydrogens (tertiary/aromatic N) is 1. The van der Waals surface area contributed by atoms with Crippen molar-refractivity contribution in [3.63, 3.8) is 0 Å². The average molecular weight is 286 g/mol. The number of morpholine rings is 1. The molecule has 86 valence electrons. The third-order valence-corrected chi connectivity index (χ3v) is 4.03. The summed E-state index contributed by atoms with van der Waals surface area (Å²) in [6.45, 7) is 2.65. The second-order valence-electron chi connectivity index (χ2n) is 4.52. The summed E-state index contributed by atoms with van der Waals surface area (Å²) in [6, 6.07) is 5.89. The monoisotopic (exact) mass is 285 g/mol. The maximum atomic E-state index is 13.4. The molecule has 2 atom stereocenters. The average Bonchev–Trinajstić information content (AvgIpc) is 2.85. The van der Waals surface area contributed by atoms with Crippen LogP contribution in [-0.2, 0) is 11.3 Å². The fourth-order valence-electron chi connectivity index (χ4n) is 2.55. The van der Waals surface area contributed by atoms with Gasteiger partial charge < -0.3 is 4.74 Å². The molecule has 2 aliphatic heterocycles.